The van der Waals surface area contributed by atoms with E-state index in [1.54, 1.807) is 16.4 Å². The van der Waals surface area contributed by atoms with Gasteiger partial charge in [-0.05, 0) is 44.2 Å². The SMILES string of the molecule is CCNc1ccc(S(=O)(=O)N2CC3CCC2C3)cn1. The second kappa shape index (κ2) is 4.76. The van der Waals surface area contributed by atoms with Gasteiger partial charge in [0.1, 0.15) is 10.7 Å². The van der Waals surface area contributed by atoms with Crippen LogP contribution in [0.2, 0.25) is 0 Å². The van der Waals surface area contributed by atoms with Crippen LogP contribution in [0.25, 0.3) is 0 Å². The molecule has 6 heteroatoms. The number of rotatable bonds is 4. The van der Waals surface area contributed by atoms with Crippen molar-refractivity contribution in [2.24, 2.45) is 5.92 Å². The Morgan fingerprint density at radius 3 is 2.79 bits per heavy atom. The van der Waals surface area contributed by atoms with Gasteiger partial charge in [0.15, 0.2) is 0 Å². The van der Waals surface area contributed by atoms with E-state index in [1.807, 2.05) is 6.92 Å². The van der Waals surface area contributed by atoms with Crippen LogP contribution in [0, 0.1) is 5.92 Å². The summed E-state index contributed by atoms with van der Waals surface area (Å²) in [6.07, 6.45) is 4.67. The second-order valence-corrected chi connectivity index (χ2v) is 7.21. The number of fused-ring (bicyclic) bond motifs is 2. The first-order valence-corrected chi connectivity index (χ1v) is 8.27. The van der Waals surface area contributed by atoms with E-state index in [9.17, 15) is 8.42 Å². The summed E-state index contributed by atoms with van der Waals surface area (Å²) in [5.41, 5.74) is 0. The average Bonchev–Trinajstić information content (AvgIpc) is 3.02. The van der Waals surface area contributed by atoms with Crippen LogP contribution in [0.15, 0.2) is 23.2 Å². The lowest BCUT2D eigenvalue weighted by molar-refractivity contribution is 0.333. The molecule has 2 bridgehead atoms. The first kappa shape index (κ1) is 12.9. The highest BCUT2D eigenvalue weighted by molar-refractivity contribution is 7.89. The van der Waals surface area contributed by atoms with Gasteiger partial charge in [-0.25, -0.2) is 13.4 Å². The van der Waals surface area contributed by atoms with Crippen molar-refractivity contribution in [2.75, 3.05) is 18.4 Å². The molecule has 1 aliphatic carbocycles. The Bertz CT molecular complexity index is 556. The zero-order chi connectivity index (χ0) is 13.5. The fraction of sp³-hybridized carbons (Fsp3) is 0.615. The molecule has 0 aromatic carbocycles. The van der Waals surface area contributed by atoms with E-state index < -0.39 is 10.0 Å². The van der Waals surface area contributed by atoms with E-state index in [1.165, 1.54) is 12.6 Å². The predicted molar refractivity (Wildman–Crippen MR) is 73.4 cm³/mol. The minimum absolute atomic E-state index is 0.212. The Kier molecular flexibility index (Phi) is 3.22. The standard InChI is InChI=1S/C13H19N3O2S/c1-2-14-13-6-5-12(8-15-13)19(17,18)16-9-10-3-4-11(16)7-10/h5-6,8,10-11H,2-4,7,9H2,1H3,(H,14,15). The van der Waals surface area contributed by atoms with Crippen LogP contribution in [0.5, 0.6) is 0 Å². The van der Waals surface area contributed by atoms with Gasteiger partial charge in [-0.15, -0.1) is 0 Å². The van der Waals surface area contributed by atoms with E-state index >= 15 is 0 Å². The molecule has 5 nitrogen and oxygen atoms in total. The molecule has 2 fully saturated rings. The van der Waals surface area contributed by atoms with Crippen LogP contribution in [0.1, 0.15) is 26.2 Å². The third-order valence-corrected chi connectivity index (χ3v) is 5.96. The second-order valence-electron chi connectivity index (χ2n) is 5.32. The predicted octanol–water partition coefficient (Wildman–Crippen LogP) is 1.69. The van der Waals surface area contributed by atoms with Crippen molar-refractivity contribution in [3.8, 4) is 0 Å². The zero-order valence-electron chi connectivity index (χ0n) is 11.0. The summed E-state index contributed by atoms with van der Waals surface area (Å²) in [6.45, 7) is 3.43. The van der Waals surface area contributed by atoms with Crippen molar-refractivity contribution >= 4 is 15.8 Å². The first-order chi connectivity index (χ1) is 9.11. The number of pyridine rings is 1. The van der Waals surface area contributed by atoms with Crippen LogP contribution in [0.4, 0.5) is 5.82 Å². The van der Waals surface area contributed by atoms with Crippen LogP contribution in [-0.2, 0) is 10.0 Å². The molecular weight excluding hydrogens is 262 g/mol. The maximum absolute atomic E-state index is 12.6. The highest BCUT2D eigenvalue weighted by Gasteiger charge is 2.44. The van der Waals surface area contributed by atoms with Crippen LogP contribution in [0.3, 0.4) is 0 Å². The number of nitrogens with zero attached hydrogens (tertiary/aromatic N) is 2. The molecule has 1 aromatic heterocycles. The van der Waals surface area contributed by atoms with Gasteiger partial charge in [0.05, 0.1) is 0 Å². The molecule has 0 radical (unpaired) electrons. The van der Waals surface area contributed by atoms with E-state index in [0.29, 0.717) is 23.2 Å². The lowest BCUT2D eigenvalue weighted by atomic mass is 10.1. The molecule has 3 rings (SSSR count). The summed E-state index contributed by atoms with van der Waals surface area (Å²) in [7, 11) is -3.36. The van der Waals surface area contributed by atoms with E-state index in [4.69, 9.17) is 0 Å². The number of aromatic nitrogens is 1. The highest BCUT2D eigenvalue weighted by atomic mass is 32.2. The lowest BCUT2D eigenvalue weighted by Crippen LogP contribution is -2.37. The molecule has 2 heterocycles. The smallest absolute Gasteiger partial charge is 0.244 e. The van der Waals surface area contributed by atoms with Gasteiger partial charge in [-0.1, -0.05) is 0 Å². The number of anilines is 1. The first-order valence-electron chi connectivity index (χ1n) is 6.83. The molecule has 0 spiro atoms. The number of nitrogens with one attached hydrogen (secondary N) is 1. The highest BCUT2D eigenvalue weighted by Crippen LogP contribution is 2.40. The molecule has 1 aromatic rings. The van der Waals surface area contributed by atoms with Crippen LogP contribution >= 0.6 is 0 Å². The molecule has 1 N–H and O–H groups in total. The minimum Gasteiger partial charge on any atom is -0.370 e. The Balaban J connectivity index is 1.84. The molecule has 104 valence electrons. The lowest BCUT2D eigenvalue weighted by Gasteiger charge is -2.26. The molecule has 19 heavy (non-hydrogen) atoms. The molecule has 0 amide bonds. The van der Waals surface area contributed by atoms with Crippen molar-refractivity contribution in [3.05, 3.63) is 18.3 Å². The average molecular weight is 281 g/mol. The molecule has 1 aliphatic heterocycles. The minimum atomic E-state index is -3.36. The summed E-state index contributed by atoms with van der Waals surface area (Å²) in [5.74, 6) is 1.28. The molecule has 1 saturated carbocycles. The summed E-state index contributed by atoms with van der Waals surface area (Å²) in [6, 6.07) is 3.58. The molecule has 2 aliphatic rings. The van der Waals surface area contributed by atoms with Gasteiger partial charge in [0.2, 0.25) is 10.0 Å². The fourth-order valence-corrected chi connectivity index (χ4v) is 4.82. The third kappa shape index (κ3) is 2.23. The van der Waals surface area contributed by atoms with E-state index in [2.05, 4.69) is 10.3 Å². The normalized spacial score (nSPS) is 26.8. The number of sulfonamides is 1. The summed E-state index contributed by atoms with van der Waals surface area (Å²) in [4.78, 5) is 4.46. The Morgan fingerprint density at radius 2 is 2.26 bits per heavy atom. The number of piperidine rings is 1. The third-order valence-electron chi connectivity index (χ3n) is 4.06. The van der Waals surface area contributed by atoms with Gasteiger partial charge in [-0.3, -0.25) is 0 Å². The summed E-state index contributed by atoms with van der Waals surface area (Å²) < 4.78 is 26.8. The topological polar surface area (TPSA) is 62.3 Å². The van der Waals surface area contributed by atoms with Crippen molar-refractivity contribution in [1.82, 2.24) is 9.29 Å². The monoisotopic (exact) mass is 281 g/mol. The fourth-order valence-electron chi connectivity index (χ4n) is 3.13. The molecule has 1 saturated heterocycles. The maximum atomic E-state index is 12.6. The van der Waals surface area contributed by atoms with Crippen molar-refractivity contribution in [3.63, 3.8) is 0 Å². The van der Waals surface area contributed by atoms with Gasteiger partial charge >= 0.3 is 0 Å². The Hall–Kier alpha value is -1.14. The largest absolute Gasteiger partial charge is 0.370 e. The molecule has 2 unspecified atom stereocenters. The van der Waals surface area contributed by atoms with Crippen molar-refractivity contribution < 1.29 is 8.42 Å². The van der Waals surface area contributed by atoms with E-state index in [0.717, 1.165) is 19.4 Å². The van der Waals surface area contributed by atoms with Crippen molar-refractivity contribution in [1.29, 1.82) is 0 Å². The van der Waals surface area contributed by atoms with Gasteiger partial charge in [-0.2, -0.15) is 4.31 Å². The van der Waals surface area contributed by atoms with Crippen molar-refractivity contribution in [2.45, 2.75) is 37.1 Å². The summed E-state index contributed by atoms with van der Waals surface area (Å²) in [5, 5.41) is 3.06. The van der Waals surface area contributed by atoms with E-state index in [-0.39, 0.29) is 6.04 Å². The Labute approximate surface area is 114 Å². The van der Waals surface area contributed by atoms with Gasteiger partial charge in [0, 0.05) is 25.3 Å². The summed E-state index contributed by atoms with van der Waals surface area (Å²) >= 11 is 0. The molecular formula is C13H19N3O2S. The Morgan fingerprint density at radius 1 is 1.42 bits per heavy atom. The number of hydrogen-bond donors (Lipinski definition) is 1. The van der Waals surface area contributed by atoms with Gasteiger partial charge in [0.25, 0.3) is 0 Å². The quantitative estimate of drug-likeness (QED) is 0.912. The zero-order valence-corrected chi connectivity index (χ0v) is 11.9. The maximum Gasteiger partial charge on any atom is 0.244 e. The van der Waals surface area contributed by atoms with Gasteiger partial charge < -0.3 is 5.32 Å². The molecule has 2 atom stereocenters. The van der Waals surface area contributed by atoms with Crippen LogP contribution in [-0.4, -0.2) is 36.8 Å². The van der Waals surface area contributed by atoms with Crippen LogP contribution < -0.4 is 5.32 Å². The number of hydrogen-bond acceptors (Lipinski definition) is 4.